The summed E-state index contributed by atoms with van der Waals surface area (Å²) in [7, 11) is 0. The number of anilines is 1. The number of carbonyl (C=O) groups is 2. The number of hydrogen-bond acceptors (Lipinski definition) is 5. The van der Waals surface area contributed by atoms with E-state index >= 15 is 0 Å². The fraction of sp³-hybridized carbons (Fsp3) is 0.222. The van der Waals surface area contributed by atoms with Gasteiger partial charge < -0.3 is 5.32 Å². The van der Waals surface area contributed by atoms with Crippen LogP contribution < -0.4 is 10.7 Å². The summed E-state index contributed by atoms with van der Waals surface area (Å²) in [5, 5.41) is 18.1. The summed E-state index contributed by atoms with van der Waals surface area (Å²) in [6.45, 7) is 1.57. The van der Waals surface area contributed by atoms with Gasteiger partial charge in [-0.1, -0.05) is 42.5 Å². The molecular formula is C27H26N4O4. The number of nitrogens with one attached hydrogen (secondary N) is 2. The van der Waals surface area contributed by atoms with Crippen molar-refractivity contribution in [1.29, 1.82) is 0 Å². The first-order chi connectivity index (χ1) is 16.9. The molecule has 1 fully saturated rings. The number of nitrogens with zero attached hydrogens (tertiary/aromatic N) is 2. The van der Waals surface area contributed by atoms with Crippen LogP contribution in [-0.2, 0) is 0 Å². The van der Waals surface area contributed by atoms with E-state index in [4.69, 9.17) is 0 Å². The van der Waals surface area contributed by atoms with Gasteiger partial charge in [-0.05, 0) is 68.4 Å². The van der Waals surface area contributed by atoms with Crippen LogP contribution in [0.4, 0.5) is 11.4 Å². The number of nitro groups is 1. The molecule has 1 aliphatic carbocycles. The Morgan fingerprint density at radius 2 is 1.63 bits per heavy atom. The van der Waals surface area contributed by atoms with Crippen LogP contribution in [0.15, 0.2) is 77.9 Å². The number of amides is 2. The maximum Gasteiger partial charge on any atom is 0.273 e. The second-order valence-electron chi connectivity index (χ2n) is 8.56. The molecule has 3 aromatic rings. The van der Waals surface area contributed by atoms with Crippen LogP contribution in [0.3, 0.4) is 0 Å². The maximum atomic E-state index is 12.8. The van der Waals surface area contributed by atoms with Gasteiger partial charge in [0, 0.05) is 22.9 Å². The molecule has 0 bridgehead atoms. The third-order valence-electron chi connectivity index (χ3n) is 6.22. The zero-order valence-corrected chi connectivity index (χ0v) is 19.4. The van der Waals surface area contributed by atoms with Crippen molar-refractivity contribution in [2.75, 3.05) is 5.32 Å². The standard InChI is InChI=1S/C27H26N4O4/c1-18-17-21(13-16-25(18)31(34)35)26(32)28-24-10-6-5-9-23(24)27(33)30-29-22-14-11-20(12-15-22)19-7-3-2-4-8-19/h2-10,13,16-17,20H,11-12,14-15H2,1H3,(H,28,32)(H,30,33). The minimum Gasteiger partial charge on any atom is -0.321 e. The molecule has 8 heteroatoms. The number of nitro benzene ring substituents is 1. The molecule has 2 amide bonds. The fourth-order valence-electron chi connectivity index (χ4n) is 4.30. The van der Waals surface area contributed by atoms with Gasteiger partial charge in [0.05, 0.1) is 16.2 Å². The van der Waals surface area contributed by atoms with Gasteiger partial charge in [0.15, 0.2) is 0 Å². The van der Waals surface area contributed by atoms with Crippen molar-refractivity contribution in [3.63, 3.8) is 0 Å². The van der Waals surface area contributed by atoms with Crippen molar-refractivity contribution in [3.8, 4) is 0 Å². The second kappa shape index (κ2) is 10.7. The Morgan fingerprint density at radius 1 is 0.943 bits per heavy atom. The van der Waals surface area contributed by atoms with Gasteiger partial charge in [0.25, 0.3) is 17.5 Å². The predicted molar refractivity (Wildman–Crippen MR) is 135 cm³/mol. The van der Waals surface area contributed by atoms with Crippen LogP contribution in [0.2, 0.25) is 0 Å². The van der Waals surface area contributed by atoms with E-state index in [0.717, 1.165) is 31.4 Å². The predicted octanol–water partition coefficient (Wildman–Crippen LogP) is 5.60. The molecule has 8 nitrogen and oxygen atoms in total. The highest BCUT2D eigenvalue weighted by molar-refractivity contribution is 6.09. The highest BCUT2D eigenvalue weighted by atomic mass is 16.6. The number of hydrazone groups is 1. The van der Waals surface area contributed by atoms with E-state index in [2.05, 4.69) is 40.1 Å². The third-order valence-corrected chi connectivity index (χ3v) is 6.22. The van der Waals surface area contributed by atoms with Crippen LogP contribution in [0.5, 0.6) is 0 Å². The van der Waals surface area contributed by atoms with Gasteiger partial charge in [-0.15, -0.1) is 0 Å². The van der Waals surface area contributed by atoms with E-state index in [0.29, 0.717) is 17.2 Å². The van der Waals surface area contributed by atoms with Gasteiger partial charge >= 0.3 is 0 Å². The summed E-state index contributed by atoms with van der Waals surface area (Å²) in [5.74, 6) is -0.378. The van der Waals surface area contributed by atoms with Crippen molar-refractivity contribution in [1.82, 2.24) is 5.43 Å². The van der Waals surface area contributed by atoms with E-state index in [-0.39, 0.29) is 16.8 Å². The lowest BCUT2D eigenvalue weighted by atomic mass is 9.83. The molecular weight excluding hydrogens is 444 g/mol. The number of rotatable bonds is 6. The topological polar surface area (TPSA) is 114 Å². The summed E-state index contributed by atoms with van der Waals surface area (Å²) < 4.78 is 0. The first-order valence-corrected chi connectivity index (χ1v) is 11.5. The monoisotopic (exact) mass is 470 g/mol. The average Bonchev–Trinajstić information content (AvgIpc) is 2.88. The number of carbonyl (C=O) groups excluding carboxylic acids is 2. The van der Waals surface area contributed by atoms with Gasteiger partial charge in [0.1, 0.15) is 0 Å². The second-order valence-corrected chi connectivity index (χ2v) is 8.56. The molecule has 0 saturated heterocycles. The summed E-state index contributed by atoms with van der Waals surface area (Å²) in [4.78, 5) is 36.1. The van der Waals surface area contributed by atoms with E-state index < -0.39 is 16.7 Å². The van der Waals surface area contributed by atoms with E-state index in [1.54, 1.807) is 31.2 Å². The Bertz CT molecular complexity index is 1280. The highest BCUT2D eigenvalue weighted by Crippen LogP contribution is 2.31. The Balaban J connectivity index is 1.40. The number of aryl methyl sites for hydroxylation is 1. The van der Waals surface area contributed by atoms with Crippen LogP contribution >= 0.6 is 0 Å². The first-order valence-electron chi connectivity index (χ1n) is 11.5. The van der Waals surface area contributed by atoms with E-state index in [9.17, 15) is 19.7 Å². The van der Waals surface area contributed by atoms with Crippen molar-refractivity contribution in [2.45, 2.75) is 38.5 Å². The lowest BCUT2D eigenvalue weighted by Gasteiger charge is -2.23. The van der Waals surface area contributed by atoms with Gasteiger partial charge in [-0.3, -0.25) is 19.7 Å². The molecule has 35 heavy (non-hydrogen) atoms. The quantitative estimate of drug-likeness (QED) is 0.360. The summed E-state index contributed by atoms with van der Waals surface area (Å²) in [5.41, 5.74) is 6.12. The lowest BCUT2D eigenvalue weighted by Crippen LogP contribution is -2.24. The zero-order chi connectivity index (χ0) is 24.8. The largest absolute Gasteiger partial charge is 0.321 e. The third kappa shape index (κ3) is 5.78. The van der Waals surface area contributed by atoms with Gasteiger partial charge in [0.2, 0.25) is 0 Å². The Kier molecular flexibility index (Phi) is 7.30. The number of para-hydroxylation sites is 1. The molecule has 1 saturated carbocycles. The molecule has 3 aromatic carbocycles. The zero-order valence-electron chi connectivity index (χ0n) is 19.4. The molecule has 0 aliphatic heterocycles. The molecule has 0 radical (unpaired) electrons. The molecule has 2 N–H and O–H groups in total. The highest BCUT2D eigenvalue weighted by Gasteiger charge is 2.20. The summed E-state index contributed by atoms with van der Waals surface area (Å²) >= 11 is 0. The minimum absolute atomic E-state index is 0.0572. The fourth-order valence-corrected chi connectivity index (χ4v) is 4.30. The normalized spacial score (nSPS) is 15.2. The Hall–Kier alpha value is -4.33. The molecule has 0 spiro atoms. The van der Waals surface area contributed by atoms with Gasteiger partial charge in [-0.2, -0.15) is 5.10 Å². The number of hydrogen-bond donors (Lipinski definition) is 2. The number of benzene rings is 3. The first kappa shape index (κ1) is 23.8. The van der Waals surface area contributed by atoms with Crippen LogP contribution in [0.25, 0.3) is 0 Å². The van der Waals surface area contributed by atoms with E-state index in [1.807, 2.05) is 6.07 Å². The molecule has 4 rings (SSSR count). The van der Waals surface area contributed by atoms with Crippen molar-refractivity contribution in [3.05, 3.63) is 105 Å². The Labute approximate surface area is 203 Å². The minimum atomic E-state index is -0.494. The summed E-state index contributed by atoms with van der Waals surface area (Å²) in [6.07, 6.45) is 3.61. The van der Waals surface area contributed by atoms with Crippen LogP contribution in [0.1, 0.15) is 63.4 Å². The molecule has 178 valence electrons. The molecule has 0 atom stereocenters. The average molecular weight is 471 g/mol. The van der Waals surface area contributed by atoms with Crippen molar-refractivity contribution in [2.24, 2.45) is 5.10 Å². The smallest absolute Gasteiger partial charge is 0.273 e. The van der Waals surface area contributed by atoms with Gasteiger partial charge in [-0.25, -0.2) is 5.43 Å². The summed E-state index contributed by atoms with van der Waals surface area (Å²) in [6, 6.07) is 21.2. The maximum absolute atomic E-state index is 12.8. The van der Waals surface area contributed by atoms with Crippen molar-refractivity contribution >= 4 is 28.9 Å². The lowest BCUT2D eigenvalue weighted by molar-refractivity contribution is -0.385. The Morgan fingerprint density at radius 3 is 2.31 bits per heavy atom. The van der Waals surface area contributed by atoms with E-state index in [1.165, 1.54) is 23.8 Å². The van der Waals surface area contributed by atoms with Crippen LogP contribution in [-0.4, -0.2) is 22.4 Å². The van der Waals surface area contributed by atoms with Crippen LogP contribution in [0, 0.1) is 17.0 Å². The SMILES string of the molecule is Cc1cc(C(=O)Nc2ccccc2C(=O)NN=C2CCC(c3ccccc3)CC2)ccc1[N+](=O)[O-]. The molecule has 0 heterocycles. The van der Waals surface area contributed by atoms with Crippen molar-refractivity contribution < 1.29 is 14.5 Å². The molecule has 0 aromatic heterocycles. The molecule has 1 aliphatic rings. The molecule has 0 unspecified atom stereocenters.